The summed E-state index contributed by atoms with van der Waals surface area (Å²) in [6.45, 7) is 1.44. The maximum Gasteiger partial charge on any atom is 0.229 e. The standard InChI is InChI=1S/C21H23F2N5O3/c1-29-7-8-30-9-10-31-19-6-5-16(12-17(19)22)27-21-25-13-18(23)20(28-21)26-15-4-2-3-14(24)11-15/h2-6,11-13H,7-10,24H2,1H3,(H2,25,26,27,28). The van der Waals surface area contributed by atoms with E-state index in [1.54, 1.807) is 37.4 Å². The van der Waals surface area contributed by atoms with Gasteiger partial charge >= 0.3 is 0 Å². The van der Waals surface area contributed by atoms with Crippen LogP contribution in [0.2, 0.25) is 0 Å². The van der Waals surface area contributed by atoms with Gasteiger partial charge in [0.25, 0.3) is 0 Å². The van der Waals surface area contributed by atoms with Crippen molar-refractivity contribution in [2.24, 2.45) is 0 Å². The fourth-order valence-electron chi connectivity index (χ4n) is 2.55. The molecule has 0 saturated carbocycles. The van der Waals surface area contributed by atoms with Crippen molar-refractivity contribution in [3.05, 3.63) is 60.3 Å². The molecular weight excluding hydrogens is 408 g/mol. The Morgan fingerprint density at radius 1 is 0.935 bits per heavy atom. The van der Waals surface area contributed by atoms with E-state index in [1.165, 1.54) is 12.1 Å². The Morgan fingerprint density at radius 3 is 2.52 bits per heavy atom. The highest BCUT2D eigenvalue weighted by Crippen LogP contribution is 2.24. The van der Waals surface area contributed by atoms with E-state index in [4.69, 9.17) is 19.9 Å². The molecular formula is C21H23F2N5O3. The van der Waals surface area contributed by atoms with Crippen LogP contribution in [0.4, 0.5) is 37.6 Å². The lowest BCUT2D eigenvalue weighted by atomic mass is 10.3. The highest BCUT2D eigenvalue weighted by Gasteiger charge is 2.10. The average Bonchev–Trinajstić information content (AvgIpc) is 2.74. The number of halogens is 2. The molecule has 0 unspecified atom stereocenters. The largest absolute Gasteiger partial charge is 0.488 e. The third-order valence-corrected chi connectivity index (χ3v) is 4.00. The molecule has 0 amide bonds. The number of nitrogens with zero attached hydrogens (tertiary/aromatic N) is 2. The van der Waals surface area contributed by atoms with E-state index in [2.05, 4.69) is 20.6 Å². The molecule has 10 heteroatoms. The van der Waals surface area contributed by atoms with Gasteiger partial charge in [0.1, 0.15) is 6.61 Å². The van der Waals surface area contributed by atoms with Crippen LogP contribution in [-0.2, 0) is 9.47 Å². The molecule has 0 bridgehead atoms. The highest BCUT2D eigenvalue weighted by atomic mass is 19.1. The van der Waals surface area contributed by atoms with Gasteiger partial charge in [0, 0.05) is 30.2 Å². The van der Waals surface area contributed by atoms with Crippen LogP contribution in [0.25, 0.3) is 0 Å². The molecule has 3 aromatic rings. The molecule has 0 radical (unpaired) electrons. The van der Waals surface area contributed by atoms with Crippen LogP contribution in [0.3, 0.4) is 0 Å². The first kappa shape index (κ1) is 22.2. The second-order valence-electron chi connectivity index (χ2n) is 6.36. The highest BCUT2D eigenvalue weighted by molar-refractivity contribution is 5.63. The second-order valence-corrected chi connectivity index (χ2v) is 6.36. The van der Waals surface area contributed by atoms with Crippen LogP contribution in [-0.4, -0.2) is 43.5 Å². The van der Waals surface area contributed by atoms with E-state index in [0.717, 1.165) is 6.20 Å². The monoisotopic (exact) mass is 431 g/mol. The van der Waals surface area contributed by atoms with Crippen molar-refractivity contribution in [1.29, 1.82) is 0 Å². The Hall–Kier alpha value is -3.50. The molecule has 0 spiro atoms. The average molecular weight is 431 g/mol. The Balaban J connectivity index is 1.61. The van der Waals surface area contributed by atoms with Gasteiger partial charge in [0.05, 0.1) is 26.0 Å². The first-order valence-corrected chi connectivity index (χ1v) is 9.46. The zero-order chi connectivity index (χ0) is 22.1. The molecule has 4 N–H and O–H groups in total. The molecule has 0 fully saturated rings. The second kappa shape index (κ2) is 11.0. The number of ether oxygens (including phenoxy) is 3. The minimum atomic E-state index is -0.643. The van der Waals surface area contributed by atoms with Gasteiger partial charge in [0.15, 0.2) is 23.2 Å². The maximum absolute atomic E-state index is 14.3. The van der Waals surface area contributed by atoms with Crippen molar-refractivity contribution in [3.8, 4) is 5.75 Å². The molecule has 1 aromatic heterocycles. The number of benzene rings is 2. The summed E-state index contributed by atoms with van der Waals surface area (Å²) in [6.07, 6.45) is 1.02. The van der Waals surface area contributed by atoms with E-state index in [9.17, 15) is 8.78 Å². The summed E-state index contributed by atoms with van der Waals surface area (Å²) in [5.74, 6) is -1.08. The maximum atomic E-state index is 14.3. The SMILES string of the molecule is COCCOCCOc1ccc(Nc2ncc(F)c(Nc3cccc(N)c3)n2)cc1F. The number of aromatic nitrogens is 2. The lowest BCUT2D eigenvalue weighted by Crippen LogP contribution is -2.10. The first-order valence-electron chi connectivity index (χ1n) is 9.46. The van der Waals surface area contributed by atoms with E-state index < -0.39 is 11.6 Å². The number of nitrogens with one attached hydrogen (secondary N) is 2. The van der Waals surface area contributed by atoms with Crippen molar-refractivity contribution < 1.29 is 23.0 Å². The van der Waals surface area contributed by atoms with Crippen LogP contribution in [0.15, 0.2) is 48.7 Å². The summed E-state index contributed by atoms with van der Waals surface area (Å²) in [6, 6.07) is 11.1. The Labute approximate surface area is 178 Å². The normalized spacial score (nSPS) is 10.7. The third-order valence-electron chi connectivity index (χ3n) is 4.00. The molecule has 164 valence electrons. The van der Waals surface area contributed by atoms with Crippen LogP contribution in [0.1, 0.15) is 0 Å². The van der Waals surface area contributed by atoms with Crippen molar-refractivity contribution in [1.82, 2.24) is 9.97 Å². The van der Waals surface area contributed by atoms with Crippen LogP contribution < -0.4 is 21.1 Å². The van der Waals surface area contributed by atoms with Crippen molar-refractivity contribution in [2.75, 3.05) is 49.9 Å². The molecule has 1 heterocycles. The topological polar surface area (TPSA) is 104 Å². The fourth-order valence-corrected chi connectivity index (χ4v) is 2.55. The lowest BCUT2D eigenvalue weighted by molar-refractivity contribution is 0.0538. The summed E-state index contributed by atoms with van der Waals surface area (Å²) in [5, 5.41) is 5.68. The van der Waals surface area contributed by atoms with E-state index in [0.29, 0.717) is 36.9 Å². The number of rotatable bonds is 11. The van der Waals surface area contributed by atoms with Crippen LogP contribution in [0, 0.1) is 11.6 Å². The van der Waals surface area contributed by atoms with E-state index in [-0.39, 0.29) is 24.1 Å². The van der Waals surface area contributed by atoms with Gasteiger partial charge < -0.3 is 30.6 Å². The number of hydrogen-bond acceptors (Lipinski definition) is 8. The summed E-state index contributed by atoms with van der Waals surface area (Å²) in [5.41, 5.74) is 7.20. The van der Waals surface area contributed by atoms with Gasteiger partial charge in [-0.05, 0) is 30.3 Å². The molecule has 31 heavy (non-hydrogen) atoms. The third kappa shape index (κ3) is 6.76. The van der Waals surface area contributed by atoms with Gasteiger partial charge in [-0.1, -0.05) is 6.07 Å². The predicted octanol–water partition coefficient (Wildman–Crippen LogP) is 3.87. The zero-order valence-corrected chi connectivity index (χ0v) is 16.9. The minimum Gasteiger partial charge on any atom is -0.488 e. The van der Waals surface area contributed by atoms with Gasteiger partial charge in [-0.25, -0.2) is 13.8 Å². The van der Waals surface area contributed by atoms with E-state index >= 15 is 0 Å². The van der Waals surface area contributed by atoms with Gasteiger partial charge in [-0.3, -0.25) is 0 Å². The summed E-state index contributed by atoms with van der Waals surface area (Å²) in [7, 11) is 1.58. The lowest BCUT2D eigenvalue weighted by Gasteiger charge is -2.11. The summed E-state index contributed by atoms with van der Waals surface area (Å²) < 4.78 is 43.9. The summed E-state index contributed by atoms with van der Waals surface area (Å²) in [4.78, 5) is 7.99. The molecule has 0 aliphatic rings. The van der Waals surface area contributed by atoms with Gasteiger partial charge in [0.2, 0.25) is 5.95 Å². The molecule has 8 nitrogen and oxygen atoms in total. The molecule has 3 rings (SSSR count). The zero-order valence-electron chi connectivity index (χ0n) is 16.9. The Kier molecular flexibility index (Phi) is 7.91. The number of hydrogen-bond donors (Lipinski definition) is 3. The predicted molar refractivity (Wildman–Crippen MR) is 114 cm³/mol. The van der Waals surface area contributed by atoms with Gasteiger partial charge in [-0.2, -0.15) is 4.98 Å². The smallest absolute Gasteiger partial charge is 0.229 e. The van der Waals surface area contributed by atoms with Crippen molar-refractivity contribution in [2.45, 2.75) is 0 Å². The molecule has 0 aliphatic heterocycles. The molecule has 2 aromatic carbocycles. The number of anilines is 5. The summed E-state index contributed by atoms with van der Waals surface area (Å²) >= 11 is 0. The minimum absolute atomic E-state index is 0.0444. The Morgan fingerprint density at radius 2 is 1.74 bits per heavy atom. The first-order chi connectivity index (χ1) is 15.0. The molecule has 0 aliphatic carbocycles. The number of methoxy groups -OCH3 is 1. The van der Waals surface area contributed by atoms with Crippen molar-refractivity contribution >= 4 is 28.8 Å². The molecule has 0 atom stereocenters. The van der Waals surface area contributed by atoms with E-state index in [1.807, 2.05) is 0 Å². The van der Waals surface area contributed by atoms with Crippen molar-refractivity contribution in [3.63, 3.8) is 0 Å². The number of nitrogens with two attached hydrogens (primary N) is 1. The Bertz CT molecular complexity index is 1010. The van der Waals surface area contributed by atoms with Gasteiger partial charge in [-0.15, -0.1) is 0 Å². The van der Waals surface area contributed by atoms with Crippen LogP contribution in [0.5, 0.6) is 5.75 Å². The quantitative estimate of drug-likeness (QED) is 0.311. The fraction of sp³-hybridized carbons (Fsp3) is 0.238. The molecule has 0 saturated heterocycles. The number of nitrogen functional groups attached to an aromatic ring is 1. The van der Waals surface area contributed by atoms with Crippen LogP contribution >= 0.6 is 0 Å².